The maximum atomic E-state index is 14.8. The minimum atomic E-state index is -3.97. The molecule has 1 aromatic heterocycles. The zero-order chi connectivity index (χ0) is 24.8. The third kappa shape index (κ3) is 4.37. The topological polar surface area (TPSA) is 115 Å². The molecule has 7 nitrogen and oxygen atoms in total. The number of hydrogen-bond acceptors (Lipinski definition) is 6. The predicted molar refractivity (Wildman–Crippen MR) is 125 cm³/mol. The van der Waals surface area contributed by atoms with Gasteiger partial charge >= 0.3 is 0 Å². The lowest BCUT2D eigenvalue weighted by molar-refractivity contribution is 0.102. The average Bonchev–Trinajstić information content (AvgIpc) is 2.73. The molecule has 0 spiro atoms. The van der Waals surface area contributed by atoms with E-state index in [4.69, 9.17) is 17.3 Å². The Morgan fingerprint density at radius 1 is 1.33 bits per heavy atom. The van der Waals surface area contributed by atoms with Crippen molar-refractivity contribution in [1.82, 2.24) is 4.98 Å². The van der Waals surface area contributed by atoms with Gasteiger partial charge in [-0.15, -0.1) is 0 Å². The molecule has 0 bridgehead atoms. The Morgan fingerprint density at radius 3 is 2.58 bits per heavy atom. The Labute approximate surface area is 195 Å². The highest BCUT2D eigenvalue weighted by atomic mass is 35.5. The number of anilines is 1. The summed E-state index contributed by atoms with van der Waals surface area (Å²) in [5.41, 5.74) is 4.53. The van der Waals surface area contributed by atoms with Gasteiger partial charge in [0, 0.05) is 23.0 Å². The number of carbonyl (C=O) groups excluding carboxylic acids is 1. The van der Waals surface area contributed by atoms with Crippen molar-refractivity contribution in [2.24, 2.45) is 10.7 Å². The molecular weight excluding hydrogens is 474 g/mol. The molecule has 2 heterocycles. The summed E-state index contributed by atoms with van der Waals surface area (Å²) in [5.74, 6) is -2.63. The lowest BCUT2D eigenvalue weighted by Crippen LogP contribution is -2.56. The van der Waals surface area contributed by atoms with Crippen molar-refractivity contribution in [3.63, 3.8) is 0 Å². The van der Waals surface area contributed by atoms with Gasteiger partial charge in [0.25, 0.3) is 5.91 Å². The van der Waals surface area contributed by atoms with Crippen LogP contribution in [0.4, 0.5) is 14.5 Å². The third-order valence-electron chi connectivity index (χ3n) is 5.63. The van der Waals surface area contributed by atoms with Gasteiger partial charge in [-0.3, -0.25) is 9.79 Å². The van der Waals surface area contributed by atoms with Crippen LogP contribution in [-0.2, 0) is 15.4 Å². The van der Waals surface area contributed by atoms with E-state index in [-0.39, 0.29) is 22.8 Å². The van der Waals surface area contributed by atoms with Gasteiger partial charge in [0.1, 0.15) is 34.3 Å². The molecular formula is C22H23ClF2N4O3S. The lowest BCUT2D eigenvalue weighted by atomic mass is 9.92. The van der Waals surface area contributed by atoms with Crippen LogP contribution >= 0.6 is 11.6 Å². The van der Waals surface area contributed by atoms with Crippen molar-refractivity contribution in [2.45, 2.75) is 31.1 Å². The first-order valence-corrected chi connectivity index (χ1v) is 11.8. The van der Waals surface area contributed by atoms with Gasteiger partial charge in [0.15, 0.2) is 9.84 Å². The normalized spacial score (nSPS) is 21.2. The summed E-state index contributed by atoms with van der Waals surface area (Å²) >= 11 is 5.95. The molecule has 0 radical (unpaired) electrons. The molecule has 1 unspecified atom stereocenters. The second-order valence-corrected chi connectivity index (χ2v) is 11.4. The molecule has 1 atom stereocenters. The SMILES string of the molecule is C=C(C)c1cc(Cl)cnc1C(=O)Nc1ccc(F)c(C2(CF)CS(=O)(=O)C(C)(C)C(N)=N2)c1. The standard InChI is InChI=1S/C22H23ClF2N4O3S/c1-12(2)15-7-13(23)9-27-18(15)19(30)28-14-5-6-17(25)16(8-14)22(10-24)11-33(31,32)21(3,4)20(26)29-22/h5-9H,1,10-11H2,2-4H3,(H2,26,29)(H,28,30). The first-order valence-electron chi connectivity index (χ1n) is 9.81. The van der Waals surface area contributed by atoms with Crippen LogP contribution in [0.3, 0.4) is 0 Å². The molecule has 1 amide bonds. The second-order valence-electron chi connectivity index (χ2n) is 8.41. The number of benzene rings is 1. The van der Waals surface area contributed by atoms with E-state index < -0.39 is 44.3 Å². The van der Waals surface area contributed by atoms with Crippen LogP contribution < -0.4 is 11.1 Å². The van der Waals surface area contributed by atoms with Gasteiger partial charge in [-0.05, 0) is 50.6 Å². The van der Waals surface area contributed by atoms with Crippen LogP contribution in [0.15, 0.2) is 42.0 Å². The van der Waals surface area contributed by atoms with Crippen molar-refractivity contribution in [2.75, 3.05) is 17.7 Å². The van der Waals surface area contributed by atoms with Crippen LogP contribution in [-0.4, -0.2) is 42.3 Å². The molecule has 1 aliphatic rings. The summed E-state index contributed by atoms with van der Waals surface area (Å²) in [6.45, 7) is 6.88. The molecule has 0 fully saturated rings. The minimum absolute atomic E-state index is 0.0299. The number of alkyl halides is 1. The first-order chi connectivity index (χ1) is 15.2. The highest BCUT2D eigenvalue weighted by Crippen LogP contribution is 2.39. The van der Waals surface area contributed by atoms with E-state index in [1.165, 1.54) is 32.2 Å². The van der Waals surface area contributed by atoms with E-state index in [0.717, 1.165) is 12.1 Å². The molecule has 3 rings (SSSR count). The zero-order valence-corrected chi connectivity index (χ0v) is 19.8. The van der Waals surface area contributed by atoms with Crippen LogP contribution in [0.25, 0.3) is 5.57 Å². The molecule has 2 aromatic rings. The number of pyridine rings is 1. The Morgan fingerprint density at radius 2 is 2.00 bits per heavy atom. The Hall–Kier alpha value is -2.85. The van der Waals surface area contributed by atoms with Crippen LogP contribution in [0.2, 0.25) is 5.02 Å². The summed E-state index contributed by atoms with van der Waals surface area (Å²) in [6.07, 6.45) is 1.29. The maximum absolute atomic E-state index is 14.8. The van der Waals surface area contributed by atoms with Crippen LogP contribution in [0.5, 0.6) is 0 Å². The van der Waals surface area contributed by atoms with Gasteiger partial charge in [0.2, 0.25) is 0 Å². The number of nitrogens with two attached hydrogens (primary N) is 1. The summed E-state index contributed by atoms with van der Waals surface area (Å²) in [5, 5.41) is 2.88. The number of amides is 1. The van der Waals surface area contributed by atoms with Crippen LogP contribution in [0.1, 0.15) is 42.4 Å². The van der Waals surface area contributed by atoms with E-state index in [1.54, 1.807) is 6.92 Å². The highest BCUT2D eigenvalue weighted by Gasteiger charge is 2.52. The predicted octanol–water partition coefficient (Wildman–Crippen LogP) is 3.89. The third-order valence-corrected chi connectivity index (χ3v) is 8.46. The van der Waals surface area contributed by atoms with Gasteiger partial charge in [-0.1, -0.05) is 18.2 Å². The number of halogens is 3. The molecule has 1 aliphatic heterocycles. The molecule has 1 aromatic carbocycles. The van der Waals surface area contributed by atoms with Crippen molar-refractivity contribution < 1.29 is 22.0 Å². The Kier molecular flexibility index (Phi) is 6.38. The molecule has 11 heteroatoms. The van der Waals surface area contributed by atoms with Gasteiger partial charge in [-0.2, -0.15) is 0 Å². The van der Waals surface area contributed by atoms with Crippen molar-refractivity contribution in [1.29, 1.82) is 0 Å². The Balaban J connectivity index is 2.06. The fraction of sp³-hybridized carbons (Fsp3) is 0.318. The number of aromatic nitrogens is 1. The summed E-state index contributed by atoms with van der Waals surface area (Å²) < 4.78 is 53.2. The van der Waals surface area contributed by atoms with E-state index in [0.29, 0.717) is 16.2 Å². The number of nitrogens with one attached hydrogen (secondary N) is 1. The fourth-order valence-corrected chi connectivity index (χ4v) is 5.23. The maximum Gasteiger partial charge on any atom is 0.274 e. The first kappa shape index (κ1) is 24.8. The Bertz CT molecular complexity index is 1290. The van der Waals surface area contributed by atoms with E-state index >= 15 is 0 Å². The molecule has 176 valence electrons. The number of aliphatic imine (C=N–C) groups is 1. The lowest BCUT2D eigenvalue weighted by Gasteiger charge is -2.38. The van der Waals surface area contributed by atoms with Crippen molar-refractivity contribution in [3.8, 4) is 0 Å². The number of nitrogens with zero attached hydrogens (tertiary/aromatic N) is 2. The van der Waals surface area contributed by atoms with Crippen molar-refractivity contribution in [3.05, 3.63) is 64.7 Å². The molecule has 0 saturated carbocycles. The number of rotatable bonds is 5. The quantitative estimate of drug-likeness (QED) is 0.651. The number of sulfone groups is 1. The largest absolute Gasteiger partial charge is 0.386 e. The summed E-state index contributed by atoms with van der Waals surface area (Å²) in [6, 6.07) is 4.93. The summed E-state index contributed by atoms with van der Waals surface area (Å²) in [4.78, 5) is 21.0. The number of carbonyl (C=O) groups is 1. The van der Waals surface area contributed by atoms with E-state index in [2.05, 4.69) is 21.9 Å². The fourth-order valence-electron chi connectivity index (χ4n) is 3.43. The molecule has 33 heavy (non-hydrogen) atoms. The van der Waals surface area contributed by atoms with E-state index in [9.17, 15) is 22.0 Å². The molecule has 0 aliphatic carbocycles. The van der Waals surface area contributed by atoms with Crippen molar-refractivity contribution >= 4 is 44.4 Å². The highest BCUT2D eigenvalue weighted by molar-refractivity contribution is 7.93. The van der Waals surface area contributed by atoms with E-state index in [1.807, 2.05) is 0 Å². The monoisotopic (exact) mass is 496 g/mol. The molecule has 3 N–H and O–H groups in total. The number of amidine groups is 1. The smallest absolute Gasteiger partial charge is 0.274 e. The average molecular weight is 497 g/mol. The van der Waals surface area contributed by atoms with Crippen LogP contribution in [0, 0.1) is 5.82 Å². The van der Waals surface area contributed by atoms with Gasteiger partial charge in [-0.25, -0.2) is 22.2 Å². The second kappa shape index (κ2) is 8.49. The van der Waals surface area contributed by atoms with Gasteiger partial charge in [0.05, 0.1) is 10.8 Å². The van der Waals surface area contributed by atoms with Gasteiger partial charge < -0.3 is 11.1 Å². The number of hydrogen-bond donors (Lipinski definition) is 2. The zero-order valence-electron chi connectivity index (χ0n) is 18.2. The summed E-state index contributed by atoms with van der Waals surface area (Å²) in [7, 11) is -3.97. The number of allylic oxidation sites excluding steroid dienone is 1. The minimum Gasteiger partial charge on any atom is -0.386 e. The molecule has 0 saturated heterocycles.